The van der Waals surface area contributed by atoms with Crippen molar-refractivity contribution in [3.05, 3.63) is 22.1 Å². The van der Waals surface area contributed by atoms with Gasteiger partial charge in [-0.2, -0.15) is 13.6 Å². The molecule has 0 amide bonds. The normalized spacial score (nSPS) is 24.0. The Morgan fingerprint density at radius 1 is 1.23 bits per heavy atom. The topological polar surface area (TPSA) is 292 Å². The van der Waals surface area contributed by atoms with Crippen molar-refractivity contribution in [2.75, 3.05) is 18.9 Å². The average molecular weight is 559 g/mol. The number of nitrogens with one attached hydrogen (secondary N) is 1. The highest BCUT2D eigenvalue weighted by molar-refractivity contribution is 7.66. The number of phosphoric acid groups is 3. The van der Waals surface area contributed by atoms with Crippen molar-refractivity contribution in [2.24, 2.45) is 5.73 Å². The molecule has 0 bridgehead atoms. The fraction of sp³-hybridized carbons (Fsp3) is 0.429. The molecule has 0 radical (unpaired) electrons. The van der Waals surface area contributed by atoms with Crippen LogP contribution in [0.15, 0.2) is 11.0 Å². The summed E-state index contributed by atoms with van der Waals surface area (Å²) in [6, 6.07) is 0. The Morgan fingerprint density at radius 2 is 1.91 bits per heavy atom. The van der Waals surface area contributed by atoms with E-state index in [0.717, 1.165) is 0 Å². The van der Waals surface area contributed by atoms with E-state index < -0.39 is 54.1 Å². The van der Waals surface area contributed by atoms with Gasteiger partial charge in [-0.1, -0.05) is 11.8 Å². The minimum Gasteiger partial charge on any atom is -0.390 e. The van der Waals surface area contributed by atoms with Gasteiger partial charge in [0.1, 0.15) is 12.3 Å². The maximum Gasteiger partial charge on any atom is 0.490 e. The van der Waals surface area contributed by atoms with Crippen molar-refractivity contribution in [3.63, 3.8) is 0 Å². The first-order valence-electron chi connectivity index (χ1n) is 9.32. The number of H-pyrrole nitrogens is 1. The number of aliphatic hydroxyl groups excluding tert-OH is 1. The summed E-state index contributed by atoms with van der Waals surface area (Å²) in [6.07, 6.45) is -2.28. The number of ether oxygens (including phenoxy) is 1. The molecule has 2 aromatic rings. The second-order valence-corrected chi connectivity index (χ2v) is 11.3. The van der Waals surface area contributed by atoms with E-state index in [1.807, 2.05) is 0 Å². The molecule has 3 heterocycles. The number of aromatic nitrogens is 3. The van der Waals surface area contributed by atoms with Crippen LogP contribution in [0.25, 0.3) is 11.0 Å². The largest absolute Gasteiger partial charge is 0.490 e. The minimum atomic E-state index is -5.70. The average Bonchev–Trinajstić information content (AvgIpc) is 3.22. The zero-order chi connectivity index (χ0) is 26.2. The molecular weight excluding hydrogens is 539 g/mol. The third-order valence-corrected chi connectivity index (χ3v) is 8.16. The van der Waals surface area contributed by atoms with Crippen molar-refractivity contribution in [3.8, 4) is 11.8 Å². The van der Waals surface area contributed by atoms with Crippen molar-refractivity contribution in [1.82, 2.24) is 14.5 Å². The molecule has 3 unspecified atom stereocenters. The van der Waals surface area contributed by atoms with E-state index in [9.17, 15) is 33.4 Å². The number of nitrogen functional groups attached to an aromatic ring is 1. The molecule has 10 N–H and O–H groups in total. The first kappa shape index (κ1) is 27.7. The summed E-state index contributed by atoms with van der Waals surface area (Å²) >= 11 is 0. The van der Waals surface area contributed by atoms with Crippen LogP contribution in [0.5, 0.6) is 0 Å². The molecule has 1 saturated heterocycles. The van der Waals surface area contributed by atoms with E-state index >= 15 is 0 Å². The highest BCUT2D eigenvalue weighted by Crippen LogP contribution is 2.66. The molecule has 0 aliphatic carbocycles. The Morgan fingerprint density at radius 3 is 2.54 bits per heavy atom. The molecule has 18 nitrogen and oxygen atoms in total. The molecule has 5 atom stereocenters. The van der Waals surface area contributed by atoms with Gasteiger partial charge in [-0.15, -0.1) is 0 Å². The van der Waals surface area contributed by atoms with Crippen molar-refractivity contribution in [2.45, 2.75) is 24.9 Å². The molecule has 0 spiro atoms. The smallest absolute Gasteiger partial charge is 0.390 e. The first-order chi connectivity index (χ1) is 16.1. The van der Waals surface area contributed by atoms with Gasteiger partial charge in [0.25, 0.3) is 5.56 Å². The lowest BCUT2D eigenvalue weighted by molar-refractivity contribution is -0.0421. The van der Waals surface area contributed by atoms with Crippen LogP contribution >= 0.6 is 23.5 Å². The molecule has 2 aromatic heterocycles. The molecule has 1 aliphatic heterocycles. The lowest BCUT2D eigenvalue weighted by Crippen LogP contribution is -2.26. The third-order valence-electron chi connectivity index (χ3n) is 4.36. The second kappa shape index (κ2) is 10.2. The van der Waals surface area contributed by atoms with Crippen LogP contribution in [0, 0.1) is 11.8 Å². The van der Waals surface area contributed by atoms with Crippen LogP contribution in [0.1, 0.15) is 18.2 Å². The van der Waals surface area contributed by atoms with Crippen LogP contribution in [0.3, 0.4) is 0 Å². The highest BCUT2D eigenvalue weighted by atomic mass is 31.3. The van der Waals surface area contributed by atoms with Crippen LogP contribution in [-0.2, 0) is 31.6 Å². The predicted molar refractivity (Wildman–Crippen MR) is 115 cm³/mol. The van der Waals surface area contributed by atoms with E-state index in [1.165, 1.54) is 10.8 Å². The number of fused-ring (bicyclic) bond motifs is 1. The van der Waals surface area contributed by atoms with Crippen LogP contribution < -0.4 is 17.0 Å². The maximum atomic E-state index is 12.4. The van der Waals surface area contributed by atoms with E-state index in [4.69, 9.17) is 26.0 Å². The van der Waals surface area contributed by atoms with E-state index in [2.05, 4.69) is 35.0 Å². The van der Waals surface area contributed by atoms with Gasteiger partial charge in [-0.25, -0.2) is 13.7 Å². The Balaban J connectivity index is 1.78. The third kappa shape index (κ3) is 7.06. The molecule has 1 fully saturated rings. The lowest BCUT2D eigenvalue weighted by Gasteiger charge is -2.19. The summed E-state index contributed by atoms with van der Waals surface area (Å²) in [5.41, 5.74) is 10.7. The number of phosphoric ester groups is 1. The Hall–Kier alpha value is -1.93. The number of aromatic amines is 1. The van der Waals surface area contributed by atoms with E-state index in [0.29, 0.717) is 0 Å². The van der Waals surface area contributed by atoms with E-state index in [-0.39, 0.29) is 35.5 Å². The Kier molecular flexibility index (Phi) is 8.07. The molecule has 1 aliphatic rings. The highest BCUT2D eigenvalue weighted by Gasteiger charge is 2.43. The summed E-state index contributed by atoms with van der Waals surface area (Å²) in [5, 5.41) is 10.4. The Bertz CT molecular complexity index is 1370. The molecule has 0 aromatic carbocycles. The van der Waals surface area contributed by atoms with Gasteiger partial charge < -0.3 is 45.5 Å². The van der Waals surface area contributed by atoms with Crippen molar-refractivity contribution >= 4 is 40.4 Å². The summed E-state index contributed by atoms with van der Waals surface area (Å²) in [4.78, 5) is 54.6. The minimum absolute atomic E-state index is 0.00823. The van der Waals surface area contributed by atoms with Gasteiger partial charge in [0.15, 0.2) is 5.65 Å². The SMILES string of the molecule is NCC#Cc1cn([C@H]2CC(O)[C@@H](COP(=O)(O)OP(=O)(O)OP(=O)(O)O)O2)c2nc(N)[nH]c(=O)c12. The fourth-order valence-electron chi connectivity index (χ4n) is 3.14. The number of nitrogens with two attached hydrogens (primary N) is 2. The molecule has 35 heavy (non-hydrogen) atoms. The Labute approximate surface area is 195 Å². The zero-order valence-electron chi connectivity index (χ0n) is 17.3. The van der Waals surface area contributed by atoms with Gasteiger partial charge in [-0.05, 0) is 0 Å². The number of rotatable bonds is 8. The number of aliphatic hydroxyl groups is 1. The van der Waals surface area contributed by atoms with Gasteiger partial charge in [0.2, 0.25) is 5.95 Å². The van der Waals surface area contributed by atoms with Crippen LogP contribution in [0.4, 0.5) is 5.95 Å². The number of hydrogen-bond donors (Lipinski definition) is 8. The lowest BCUT2D eigenvalue weighted by atomic mass is 10.2. The van der Waals surface area contributed by atoms with Gasteiger partial charge >= 0.3 is 23.5 Å². The van der Waals surface area contributed by atoms with Crippen molar-refractivity contribution in [1.29, 1.82) is 0 Å². The fourth-order valence-corrected chi connectivity index (χ4v) is 6.17. The predicted octanol–water partition coefficient (Wildman–Crippen LogP) is -1.39. The van der Waals surface area contributed by atoms with Crippen LogP contribution in [0.2, 0.25) is 0 Å². The quantitative estimate of drug-likeness (QED) is 0.136. The van der Waals surface area contributed by atoms with Gasteiger partial charge in [0.05, 0.1) is 30.2 Å². The van der Waals surface area contributed by atoms with Gasteiger partial charge in [0, 0.05) is 12.6 Å². The van der Waals surface area contributed by atoms with E-state index in [1.54, 1.807) is 0 Å². The molecule has 3 rings (SSSR count). The van der Waals surface area contributed by atoms with Crippen LogP contribution in [-0.4, -0.2) is 64.6 Å². The molecule has 21 heteroatoms. The summed E-state index contributed by atoms with van der Waals surface area (Å²) in [6.45, 7) is -0.856. The van der Waals surface area contributed by atoms with Gasteiger partial charge in [-0.3, -0.25) is 14.3 Å². The molecular formula is C14H20N5O13P3. The summed E-state index contributed by atoms with van der Waals surface area (Å²) in [7, 11) is -16.7. The standard InChI is InChI=1S/C14H20N5O13P3/c15-3-1-2-7-5-19(12-11(7)13(21)18-14(16)17-12)10-4-8(20)9(30-10)6-29-34(25,26)32-35(27,28)31-33(22,23)24/h5,8-10,20H,3-4,6,15H2,(H,25,26)(H,27,28)(H2,22,23,24)(H3,16,17,18,21)/t8?,9-,10-/m1/s1. The molecule has 194 valence electrons. The second-order valence-electron chi connectivity index (χ2n) is 6.92. The number of hydrogen-bond acceptors (Lipinski definition) is 12. The monoisotopic (exact) mass is 559 g/mol. The zero-order valence-corrected chi connectivity index (χ0v) is 20.0. The summed E-state index contributed by atoms with van der Waals surface area (Å²) < 4.78 is 52.7. The van der Waals surface area contributed by atoms with Crippen molar-refractivity contribution < 1.29 is 56.3 Å². The molecule has 0 saturated carbocycles. The summed E-state index contributed by atoms with van der Waals surface area (Å²) in [5.74, 6) is 5.10. The first-order valence-corrected chi connectivity index (χ1v) is 13.8. The number of anilines is 1. The maximum absolute atomic E-state index is 12.4. The number of nitrogens with zero attached hydrogens (tertiary/aromatic N) is 2.